The number of aromatic hydroxyl groups is 1. The maximum Gasteiger partial charge on any atom is 0.162 e. The van der Waals surface area contributed by atoms with Crippen LogP contribution in [0.1, 0.15) is 69.5 Å². The van der Waals surface area contributed by atoms with Crippen LogP contribution in [0.4, 0.5) is 0 Å². The van der Waals surface area contributed by atoms with E-state index in [2.05, 4.69) is 31.3 Å². The van der Waals surface area contributed by atoms with Gasteiger partial charge in [-0.15, -0.1) is 0 Å². The van der Waals surface area contributed by atoms with Gasteiger partial charge in [-0.1, -0.05) is 38.3 Å². The van der Waals surface area contributed by atoms with Crippen molar-refractivity contribution >= 4 is 5.71 Å². The molecule has 0 saturated carbocycles. The van der Waals surface area contributed by atoms with Gasteiger partial charge >= 0.3 is 0 Å². The first kappa shape index (κ1) is 22.2. The van der Waals surface area contributed by atoms with Gasteiger partial charge in [0.1, 0.15) is 11.4 Å². The summed E-state index contributed by atoms with van der Waals surface area (Å²) < 4.78 is 10.6. The summed E-state index contributed by atoms with van der Waals surface area (Å²) >= 11 is 0. The molecule has 0 spiro atoms. The molecule has 0 bridgehead atoms. The van der Waals surface area contributed by atoms with Crippen LogP contribution >= 0.6 is 0 Å². The Labute approximate surface area is 180 Å². The largest absolute Gasteiger partial charge is 0.504 e. The van der Waals surface area contributed by atoms with Crippen molar-refractivity contribution in [1.29, 1.82) is 0 Å². The second-order valence-electron chi connectivity index (χ2n) is 8.17. The first-order valence-electron chi connectivity index (χ1n) is 10.9. The Hall–Kier alpha value is -2.53. The second kappa shape index (κ2) is 9.98. The number of aliphatic imine (C=N–C) groups is 1. The summed E-state index contributed by atoms with van der Waals surface area (Å²) in [5.74, 6) is 1.52. The Morgan fingerprint density at radius 3 is 2.50 bits per heavy atom. The summed E-state index contributed by atoms with van der Waals surface area (Å²) in [7, 11) is 3.25. The number of nitrogens with zero attached hydrogens (tertiary/aromatic N) is 1. The highest BCUT2D eigenvalue weighted by Gasteiger charge is 2.34. The van der Waals surface area contributed by atoms with Gasteiger partial charge in [0.25, 0.3) is 0 Å². The number of phenolic OH excluding ortho intramolecular Hbond substituents is 1. The molecule has 2 atom stereocenters. The van der Waals surface area contributed by atoms with E-state index in [0.29, 0.717) is 12.2 Å². The predicted octanol–water partition coefficient (Wildman–Crippen LogP) is 5.62. The number of nitrogens with one attached hydrogen (secondary N) is 1. The lowest BCUT2D eigenvalue weighted by Crippen LogP contribution is -2.47. The molecule has 2 N–H and O–H groups in total. The van der Waals surface area contributed by atoms with Gasteiger partial charge in [-0.2, -0.15) is 0 Å². The predicted molar refractivity (Wildman–Crippen MR) is 122 cm³/mol. The molecular formula is C25H34N2O3. The van der Waals surface area contributed by atoms with Crippen molar-refractivity contribution in [3.05, 3.63) is 53.6 Å². The second-order valence-corrected chi connectivity index (χ2v) is 8.17. The number of para-hydroxylation sites is 1. The number of hydrogen-bond donors (Lipinski definition) is 2. The van der Waals surface area contributed by atoms with E-state index in [4.69, 9.17) is 14.5 Å². The summed E-state index contributed by atoms with van der Waals surface area (Å²) in [5.41, 5.74) is 2.59. The third kappa shape index (κ3) is 5.14. The monoisotopic (exact) mass is 410 g/mol. The van der Waals surface area contributed by atoms with E-state index in [1.165, 1.54) is 19.3 Å². The van der Waals surface area contributed by atoms with Crippen LogP contribution in [-0.4, -0.2) is 30.7 Å². The Balaban J connectivity index is 1.93. The molecule has 0 unspecified atom stereocenters. The minimum atomic E-state index is -0.387. The Kier molecular flexibility index (Phi) is 7.38. The fourth-order valence-corrected chi connectivity index (χ4v) is 4.16. The van der Waals surface area contributed by atoms with Crippen LogP contribution in [0.2, 0.25) is 0 Å². The van der Waals surface area contributed by atoms with Crippen molar-refractivity contribution in [3.8, 4) is 17.2 Å². The van der Waals surface area contributed by atoms with Crippen molar-refractivity contribution in [2.45, 2.75) is 64.1 Å². The highest BCUT2D eigenvalue weighted by Crippen LogP contribution is 2.39. The number of ether oxygens (including phenoxy) is 2. The molecule has 0 aromatic heterocycles. The van der Waals surface area contributed by atoms with Crippen LogP contribution in [0.5, 0.6) is 17.2 Å². The van der Waals surface area contributed by atoms with Crippen molar-refractivity contribution in [3.63, 3.8) is 0 Å². The molecule has 3 rings (SSSR count). The van der Waals surface area contributed by atoms with Crippen LogP contribution in [0.15, 0.2) is 47.5 Å². The summed E-state index contributed by atoms with van der Waals surface area (Å²) in [6.45, 7) is 4.38. The normalized spacial score (nSPS) is 21.2. The molecular weight excluding hydrogens is 376 g/mol. The fourth-order valence-electron chi connectivity index (χ4n) is 4.16. The van der Waals surface area contributed by atoms with Gasteiger partial charge in [0, 0.05) is 23.7 Å². The van der Waals surface area contributed by atoms with Gasteiger partial charge in [-0.3, -0.25) is 10.3 Å². The average molecular weight is 411 g/mol. The van der Waals surface area contributed by atoms with Gasteiger partial charge in [-0.05, 0) is 55.7 Å². The number of phenols is 1. The van der Waals surface area contributed by atoms with E-state index < -0.39 is 0 Å². The summed E-state index contributed by atoms with van der Waals surface area (Å²) in [5, 5.41) is 14.5. The average Bonchev–Trinajstić information content (AvgIpc) is 2.76. The summed E-state index contributed by atoms with van der Waals surface area (Å²) in [6, 6.07) is 13.7. The smallest absolute Gasteiger partial charge is 0.162 e. The van der Waals surface area contributed by atoms with Crippen LogP contribution in [0, 0.1) is 0 Å². The molecule has 1 aliphatic rings. The molecule has 30 heavy (non-hydrogen) atoms. The van der Waals surface area contributed by atoms with E-state index in [0.717, 1.165) is 35.4 Å². The van der Waals surface area contributed by atoms with Crippen LogP contribution < -0.4 is 14.8 Å². The molecule has 0 fully saturated rings. The molecule has 0 amide bonds. The van der Waals surface area contributed by atoms with Crippen molar-refractivity contribution in [2.75, 3.05) is 14.2 Å². The van der Waals surface area contributed by atoms with Crippen molar-refractivity contribution in [2.24, 2.45) is 4.99 Å². The zero-order chi connectivity index (χ0) is 21.6. The Morgan fingerprint density at radius 2 is 1.83 bits per heavy atom. The van der Waals surface area contributed by atoms with E-state index in [-0.39, 0.29) is 17.5 Å². The minimum absolute atomic E-state index is 0.0501. The topological polar surface area (TPSA) is 63.1 Å². The standard InChI is InChI=1S/C25H34N2O3/c1-5-6-7-8-16-25(2)26-21(18-12-14-19(29-3)15-13-18)17-22(27-25)20-10-9-11-23(30-4)24(20)28/h9-15,22,27-28H,5-8,16-17H2,1-4H3/t22-,25+/m0/s1. The highest BCUT2D eigenvalue weighted by molar-refractivity contribution is 6.01. The number of unbranched alkanes of at least 4 members (excludes halogenated alkanes) is 3. The molecule has 162 valence electrons. The van der Waals surface area contributed by atoms with Crippen LogP contribution in [-0.2, 0) is 0 Å². The molecule has 0 radical (unpaired) electrons. The lowest BCUT2D eigenvalue weighted by molar-refractivity contribution is 0.275. The molecule has 0 aliphatic carbocycles. The maximum atomic E-state index is 10.8. The quantitative estimate of drug-likeness (QED) is 0.527. The van der Waals surface area contributed by atoms with Gasteiger partial charge in [0.15, 0.2) is 11.5 Å². The first-order valence-corrected chi connectivity index (χ1v) is 10.9. The van der Waals surface area contributed by atoms with Crippen molar-refractivity contribution < 1.29 is 14.6 Å². The minimum Gasteiger partial charge on any atom is -0.504 e. The lowest BCUT2D eigenvalue weighted by atomic mass is 9.90. The van der Waals surface area contributed by atoms with Gasteiger partial charge in [0.2, 0.25) is 0 Å². The molecule has 0 saturated heterocycles. The maximum absolute atomic E-state index is 10.8. The fraction of sp³-hybridized carbons (Fsp3) is 0.480. The highest BCUT2D eigenvalue weighted by atomic mass is 16.5. The molecule has 5 heteroatoms. The van der Waals surface area contributed by atoms with E-state index in [1.807, 2.05) is 24.3 Å². The van der Waals surface area contributed by atoms with E-state index in [9.17, 15) is 5.11 Å². The van der Waals surface area contributed by atoms with Gasteiger partial charge < -0.3 is 14.6 Å². The zero-order valence-corrected chi connectivity index (χ0v) is 18.6. The number of hydrogen-bond acceptors (Lipinski definition) is 5. The number of methoxy groups -OCH3 is 2. The third-order valence-corrected chi connectivity index (χ3v) is 5.83. The van der Waals surface area contributed by atoms with Gasteiger partial charge in [-0.25, -0.2) is 0 Å². The SMILES string of the molecule is CCCCCC[C@]1(C)N=C(c2ccc(OC)cc2)C[C@@H](c2cccc(OC)c2O)N1. The first-order chi connectivity index (χ1) is 14.5. The summed E-state index contributed by atoms with van der Waals surface area (Å²) in [4.78, 5) is 5.14. The lowest BCUT2D eigenvalue weighted by Gasteiger charge is -2.38. The number of rotatable bonds is 9. The molecule has 1 heterocycles. The third-order valence-electron chi connectivity index (χ3n) is 5.83. The Bertz CT molecular complexity index is 863. The number of benzene rings is 2. The van der Waals surface area contributed by atoms with Crippen LogP contribution in [0.25, 0.3) is 0 Å². The molecule has 5 nitrogen and oxygen atoms in total. The summed E-state index contributed by atoms with van der Waals surface area (Å²) in [6.07, 6.45) is 6.42. The van der Waals surface area contributed by atoms with Crippen LogP contribution in [0.3, 0.4) is 0 Å². The molecule has 2 aromatic rings. The molecule has 2 aromatic carbocycles. The van der Waals surface area contributed by atoms with Gasteiger partial charge in [0.05, 0.1) is 14.2 Å². The Morgan fingerprint density at radius 1 is 1.07 bits per heavy atom. The molecule has 1 aliphatic heterocycles. The van der Waals surface area contributed by atoms with Crippen molar-refractivity contribution in [1.82, 2.24) is 5.32 Å². The zero-order valence-electron chi connectivity index (χ0n) is 18.6. The van der Waals surface area contributed by atoms with E-state index >= 15 is 0 Å². The van der Waals surface area contributed by atoms with E-state index in [1.54, 1.807) is 20.3 Å².